The van der Waals surface area contributed by atoms with Gasteiger partial charge in [0.2, 0.25) is 0 Å². The van der Waals surface area contributed by atoms with Crippen molar-refractivity contribution in [1.29, 1.82) is 0 Å². The van der Waals surface area contributed by atoms with Gasteiger partial charge in [-0.05, 0) is 55.5 Å². The number of hydrogen-bond acceptors (Lipinski definition) is 4. The van der Waals surface area contributed by atoms with Gasteiger partial charge in [-0.15, -0.1) is 0 Å². The van der Waals surface area contributed by atoms with Gasteiger partial charge in [0.25, 0.3) is 0 Å². The molecular formula is C21H23NO4. The molecule has 136 valence electrons. The molecule has 1 aliphatic rings. The number of benzene rings is 1. The molecule has 1 N–H and O–H groups in total. The van der Waals surface area contributed by atoms with Crippen LogP contribution in [0.3, 0.4) is 0 Å². The number of nitrogens with zero attached hydrogens (tertiary/aromatic N) is 1. The molecule has 1 aromatic carbocycles. The van der Waals surface area contributed by atoms with E-state index in [4.69, 9.17) is 9.15 Å². The van der Waals surface area contributed by atoms with E-state index in [-0.39, 0.29) is 5.56 Å². The lowest BCUT2D eigenvalue weighted by Gasteiger charge is -2.09. The van der Waals surface area contributed by atoms with Crippen LogP contribution in [0.25, 0.3) is 11.0 Å². The molecule has 1 saturated carbocycles. The molecule has 2 heterocycles. The fourth-order valence-corrected chi connectivity index (χ4v) is 3.04. The molecule has 0 spiro atoms. The number of aromatic nitrogens is 1. The Kier molecular flexibility index (Phi) is 5.26. The minimum atomic E-state index is -0.996. The number of pyridine rings is 1. The molecule has 0 atom stereocenters. The highest BCUT2D eigenvalue weighted by Crippen LogP contribution is 2.41. The minimum Gasteiger partial charge on any atom is -0.487 e. The van der Waals surface area contributed by atoms with Gasteiger partial charge in [0.1, 0.15) is 29.3 Å². The monoisotopic (exact) mass is 353 g/mol. The summed E-state index contributed by atoms with van der Waals surface area (Å²) in [5, 5.41) is 9.90. The first kappa shape index (κ1) is 18.0. The van der Waals surface area contributed by atoms with Gasteiger partial charge in [-0.1, -0.05) is 19.9 Å². The number of aromatic carboxylic acids is 1. The summed E-state index contributed by atoms with van der Waals surface area (Å²) in [6, 6.07) is 9.31. The van der Waals surface area contributed by atoms with E-state index in [1.807, 2.05) is 19.9 Å². The average molecular weight is 353 g/mol. The van der Waals surface area contributed by atoms with Crippen LogP contribution in [-0.2, 0) is 6.61 Å². The second kappa shape index (κ2) is 7.60. The second-order valence-electron chi connectivity index (χ2n) is 6.10. The van der Waals surface area contributed by atoms with E-state index in [0.717, 1.165) is 5.69 Å². The van der Waals surface area contributed by atoms with Crippen LogP contribution in [0.4, 0.5) is 0 Å². The molecule has 5 heteroatoms. The Bertz CT molecular complexity index is 925. The zero-order valence-corrected chi connectivity index (χ0v) is 15.3. The van der Waals surface area contributed by atoms with Crippen LogP contribution in [0.5, 0.6) is 5.75 Å². The number of ether oxygens (including phenoxy) is 1. The fraction of sp³-hybridized carbons (Fsp3) is 0.333. The number of furan rings is 1. The Morgan fingerprint density at radius 2 is 2.08 bits per heavy atom. The predicted molar refractivity (Wildman–Crippen MR) is 99.8 cm³/mol. The maximum Gasteiger partial charge on any atom is 0.339 e. The van der Waals surface area contributed by atoms with Crippen LogP contribution in [0.2, 0.25) is 0 Å². The molecule has 0 aliphatic heterocycles. The molecule has 2 aromatic heterocycles. The lowest BCUT2D eigenvalue weighted by atomic mass is 10.1. The highest BCUT2D eigenvalue weighted by Gasteiger charge is 2.26. The first-order valence-corrected chi connectivity index (χ1v) is 8.96. The molecule has 0 saturated heterocycles. The van der Waals surface area contributed by atoms with Gasteiger partial charge < -0.3 is 14.3 Å². The van der Waals surface area contributed by atoms with Crippen LogP contribution in [0.15, 0.2) is 40.9 Å². The number of rotatable bonds is 5. The largest absolute Gasteiger partial charge is 0.487 e. The molecule has 26 heavy (non-hydrogen) atoms. The normalized spacial score (nSPS) is 13.2. The first-order valence-electron chi connectivity index (χ1n) is 8.96. The summed E-state index contributed by atoms with van der Waals surface area (Å²) in [4.78, 5) is 15.8. The molecule has 3 aromatic rings. The highest BCUT2D eigenvalue weighted by molar-refractivity contribution is 6.03. The summed E-state index contributed by atoms with van der Waals surface area (Å²) >= 11 is 0. The van der Waals surface area contributed by atoms with Gasteiger partial charge in [0, 0.05) is 11.6 Å². The summed E-state index contributed by atoms with van der Waals surface area (Å²) < 4.78 is 11.4. The molecule has 1 aliphatic carbocycles. The molecule has 1 fully saturated rings. The predicted octanol–water partition coefficient (Wildman–Crippen LogP) is 5.32. The molecule has 0 amide bonds. The lowest BCUT2D eigenvalue weighted by Crippen LogP contribution is -2.02. The maximum absolute atomic E-state index is 11.4. The quantitative estimate of drug-likeness (QED) is 0.672. The smallest absolute Gasteiger partial charge is 0.339 e. The third-order valence-corrected chi connectivity index (χ3v) is 4.37. The molecule has 5 nitrogen and oxygen atoms in total. The molecule has 0 unspecified atom stereocenters. The van der Waals surface area contributed by atoms with Crippen LogP contribution < -0.4 is 4.74 Å². The van der Waals surface area contributed by atoms with Crippen LogP contribution >= 0.6 is 0 Å². The van der Waals surface area contributed by atoms with Crippen molar-refractivity contribution in [2.75, 3.05) is 0 Å². The van der Waals surface area contributed by atoms with Gasteiger partial charge >= 0.3 is 5.97 Å². The van der Waals surface area contributed by atoms with Gasteiger partial charge in [-0.3, -0.25) is 4.98 Å². The number of carbonyl (C=O) groups is 1. The van der Waals surface area contributed by atoms with Crippen LogP contribution in [0.1, 0.15) is 60.0 Å². The summed E-state index contributed by atoms with van der Waals surface area (Å²) in [6.07, 6.45) is 4.19. The summed E-state index contributed by atoms with van der Waals surface area (Å²) in [6.45, 7) is 6.03. The van der Waals surface area contributed by atoms with Crippen LogP contribution in [0, 0.1) is 6.92 Å². The van der Waals surface area contributed by atoms with Crippen molar-refractivity contribution in [2.45, 2.75) is 46.1 Å². The van der Waals surface area contributed by atoms with Gasteiger partial charge in [0.15, 0.2) is 0 Å². The lowest BCUT2D eigenvalue weighted by molar-refractivity contribution is 0.0697. The Labute approximate surface area is 152 Å². The summed E-state index contributed by atoms with van der Waals surface area (Å²) in [7, 11) is 0. The summed E-state index contributed by atoms with van der Waals surface area (Å²) in [5.41, 5.74) is 2.94. The van der Waals surface area contributed by atoms with Crippen molar-refractivity contribution in [3.8, 4) is 5.75 Å². The summed E-state index contributed by atoms with van der Waals surface area (Å²) in [5.74, 6) is 0.618. The standard InChI is InChI=1S/C19H17NO4.C2H6/c1-11-18(19(21)22)15-9-13(6-7-17(15)24-11)23-10-16-14(12-4-5-12)3-2-8-20-16;1-2/h2-3,6-9,12H,4-5,10H2,1H3,(H,21,22);1-2H3. The Hall–Kier alpha value is -2.82. The number of fused-ring (bicyclic) bond motifs is 1. The number of hydrogen-bond donors (Lipinski definition) is 1. The van der Waals surface area contributed by atoms with Crippen molar-refractivity contribution >= 4 is 16.9 Å². The number of carboxylic acid groups (broad SMARTS) is 1. The van der Waals surface area contributed by atoms with E-state index in [1.54, 1.807) is 31.3 Å². The van der Waals surface area contributed by atoms with E-state index in [0.29, 0.717) is 35.0 Å². The van der Waals surface area contributed by atoms with E-state index < -0.39 is 5.97 Å². The van der Waals surface area contributed by atoms with Crippen molar-refractivity contribution in [2.24, 2.45) is 0 Å². The minimum absolute atomic E-state index is 0.187. The molecule has 0 bridgehead atoms. The number of carboxylic acids is 1. The van der Waals surface area contributed by atoms with E-state index in [1.165, 1.54) is 18.4 Å². The zero-order valence-electron chi connectivity index (χ0n) is 15.3. The second-order valence-corrected chi connectivity index (χ2v) is 6.10. The van der Waals surface area contributed by atoms with Crippen molar-refractivity contribution in [3.05, 3.63) is 59.1 Å². The molecule has 0 radical (unpaired) electrons. The van der Waals surface area contributed by atoms with Gasteiger partial charge in [0.05, 0.1) is 5.69 Å². The van der Waals surface area contributed by atoms with Crippen LogP contribution in [-0.4, -0.2) is 16.1 Å². The third kappa shape index (κ3) is 3.57. The first-order chi connectivity index (χ1) is 12.6. The van der Waals surface area contributed by atoms with Crippen molar-refractivity contribution in [1.82, 2.24) is 4.98 Å². The van der Waals surface area contributed by atoms with Gasteiger partial charge in [-0.2, -0.15) is 0 Å². The molecular weight excluding hydrogens is 330 g/mol. The van der Waals surface area contributed by atoms with Gasteiger partial charge in [-0.25, -0.2) is 4.79 Å². The fourth-order valence-electron chi connectivity index (χ4n) is 3.04. The average Bonchev–Trinajstić information content (AvgIpc) is 3.43. The zero-order chi connectivity index (χ0) is 18.7. The Morgan fingerprint density at radius 3 is 2.77 bits per heavy atom. The maximum atomic E-state index is 11.4. The van der Waals surface area contributed by atoms with Crippen molar-refractivity contribution in [3.63, 3.8) is 0 Å². The Balaban J connectivity index is 0.000000948. The Morgan fingerprint density at radius 1 is 1.31 bits per heavy atom. The van der Waals surface area contributed by atoms with E-state index >= 15 is 0 Å². The number of aryl methyl sites for hydroxylation is 1. The van der Waals surface area contributed by atoms with E-state index in [9.17, 15) is 9.90 Å². The topological polar surface area (TPSA) is 72.6 Å². The van der Waals surface area contributed by atoms with Crippen molar-refractivity contribution < 1.29 is 19.1 Å². The SMILES string of the molecule is CC.Cc1oc2ccc(OCc3ncccc3C3CC3)cc2c1C(=O)O. The third-order valence-electron chi connectivity index (χ3n) is 4.37. The van der Waals surface area contributed by atoms with E-state index in [2.05, 4.69) is 11.1 Å². The molecule has 4 rings (SSSR count). The highest BCUT2D eigenvalue weighted by atomic mass is 16.5.